The number of nitrogens with zero attached hydrogens (tertiary/aromatic N) is 1. The molecular formula is C10H14N2O3S. The average molecular weight is 242 g/mol. The van der Waals surface area contributed by atoms with Crippen molar-refractivity contribution >= 4 is 11.8 Å². The molecule has 1 heterocycles. The first kappa shape index (κ1) is 11.3. The standard InChI is InChI=1S/C10H14N2O3S/c1-16-10(3-2-4-10)6-12-8(14)5-7(13)11-9(12)15/h5,14H,2-4,6H2,1H3,(H,11,13,15). The van der Waals surface area contributed by atoms with Crippen molar-refractivity contribution in [3.05, 3.63) is 26.9 Å². The van der Waals surface area contributed by atoms with Crippen molar-refractivity contribution in [2.75, 3.05) is 6.26 Å². The molecule has 0 saturated heterocycles. The van der Waals surface area contributed by atoms with Crippen molar-refractivity contribution in [3.63, 3.8) is 0 Å². The van der Waals surface area contributed by atoms with E-state index in [1.54, 1.807) is 11.8 Å². The van der Waals surface area contributed by atoms with Gasteiger partial charge in [0.2, 0.25) is 5.88 Å². The summed E-state index contributed by atoms with van der Waals surface area (Å²) in [6.45, 7) is 0.454. The molecule has 0 atom stereocenters. The number of thioether (sulfide) groups is 1. The summed E-state index contributed by atoms with van der Waals surface area (Å²) in [6.07, 6.45) is 5.24. The summed E-state index contributed by atoms with van der Waals surface area (Å²) >= 11 is 1.71. The van der Waals surface area contributed by atoms with E-state index in [9.17, 15) is 14.7 Å². The Morgan fingerprint density at radius 2 is 2.25 bits per heavy atom. The normalized spacial score (nSPS) is 18.1. The maximum Gasteiger partial charge on any atom is 0.331 e. The summed E-state index contributed by atoms with van der Waals surface area (Å²) in [6, 6.07) is 1.04. The van der Waals surface area contributed by atoms with Crippen molar-refractivity contribution in [3.8, 4) is 5.88 Å². The van der Waals surface area contributed by atoms with Crippen molar-refractivity contribution in [1.29, 1.82) is 0 Å². The monoisotopic (exact) mass is 242 g/mol. The number of rotatable bonds is 3. The predicted molar refractivity (Wildman–Crippen MR) is 63.1 cm³/mol. The molecule has 0 unspecified atom stereocenters. The maximum atomic E-state index is 11.5. The molecule has 1 aliphatic carbocycles. The molecule has 0 radical (unpaired) electrons. The first-order valence-electron chi connectivity index (χ1n) is 5.15. The molecule has 0 amide bonds. The van der Waals surface area contributed by atoms with Crippen LogP contribution in [0.3, 0.4) is 0 Å². The first-order chi connectivity index (χ1) is 7.56. The highest BCUT2D eigenvalue weighted by Crippen LogP contribution is 2.44. The van der Waals surface area contributed by atoms with E-state index in [2.05, 4.69) is 4.98 Å². The lowest BCUT2D eigenvalue weighted by Crippen LogP contribution is -2.42. The zero-order chi connectivity index (χ0) is 11.8. The van der Waals surface area contributed by atoms with Gasteiger partial charge in [0.15, 0.2) is 0 Å². The third-order valence-electron chi connectivity index (χ3n) is 3.16. The molecule has 0 bridgehead atoms. The van der Waals surface area contributed by atoms with Crippen LogP contribution in [0.2, 0.25) is 0 Å². The number of nitrogens with one attached hydrogen (secondary N) is 1. The van der Waals surface area contributed by atoms with Gasteiger partial charge in [-0.15, -0.1) is 0 Å². The third-order valence-corrected chi connectivity index (χ3v) is 4.56. The largest absolute Gasteiger partial charge is 0.494 e. The Kier molecular flexibility index (Phi) is 2.84. The maximum absolute atomic E-state index is 11.5. The van der Waals surface area contributed by atoms with Crippen molar-refractivity contribution in [2.24, 2.45) is 0 Å². The Hall–Kier alpha value is -1.17. The molecule has 1 saturated carbocycles. The van der Waals surface area contributed by atoms with Gasteiger partial charge < -0.3 is 5.11 Å². The summed E-state index contributed by atoms with van der Waals surface area (Å²) in [5.74, 6) is -0.255. The number of aromatic nitrogens is 2. The second-order valence-electron chi connectivity index (χ2n) is 4.12. The van der Waals surface area contributed by atoms with Crippen LogP contribution in [0.1, 0.15) is 19.3 Å². The molecule has 88 valence electrons. The number of hydrogen-bond donors (Lipinski definition) is 2. The number of H-pyrrole nitrogens is 1. The highest BCUT2D eigenvalue weighted by molar-refractivity contribution is 8.00. The van der Waals surface area contributed by atoms with Gasteiger partial charge in [-0.1, -0.05) is 6.42 Å². The number of aromatic hydroxyl groups is 1. The van der Waals surface area contributed by atoms with E-state index < -0.39 is 11.2 Å². The van der Waals surface area contributed by atoms with E-state index in [1.807, 2.05) is 6.26 Å². The summed E-state index contributed by atoms with van der Waals surface area (Å²) in [4.78, 5) is 24.6. The van der Waals surface area contributed by atoms with Gasteiger partial charge in [0.05, 0.1) is 6.07 Å². The van der Waals surface area contributed by atoms with Gasteiger partial charge in [-0.05, 0) is 19.1 Å². The van der Waals surface area contributed by atoms with Crippen LogP contribution in [-0.2, 0) is 6.54 Å². The zero-order valence-corrected chi connectivity index (χ0v) is 9.84. The molecule has 1 fully saturated rings. The topological polar surface area (TPSA) is 75.1 Å². The number of hydrogen-bond acceptors (Lipinski definition) is 4. The van der Waals surface area contributed by atoms with Gasteiger partial charge in [0.25, 0.3) is 5.56 Å². The predicted octanol–water partition coefficient (Wildman–Crippen LogP) is 0.528. The number of aromatic amines is 1. The summed E-state index contributed by atoms with van der Waals surface area (Å²) < 4.78 is 1.27. The fourth-order valence-corrected chi connectivity index (χ4v) is 2.90. The smallest absolute Gasteiger partial charge is 0.331 e. The van der Waals surface area contributed by atoms with Crippen LogP contribution in [0.25, 0.3) is 0 Å². The fraction of sp³-hybridized carbons (Fsp3) is 0.600. The average Bonchev–Trinajstić information content (AvgIpc) is 2.14. The summed E-state index contributed by atoms with van der Waals surface area (Å²) in [5, 5.41) is 9.58. The van der Waals surface area contributed by atoms with E-state index in [0.717, 1.165) is 25.3 Å². The molecule has 2 rings (SSSR count). The Bertz CT molecular complexity index is 496. The van der Waals surface area contributed by atoms with E-state index in [1.165, 1.54) is 4.57 Å². The van der Waals surface area contributed by atoms with Crippen LogP contribution in [0, 0.1) is 0 Å². The molecular weight excluding hydrogens is 228 g/mol. The molecule has 1 aliphatic rings. The molecule has 6 heteroatoms. The molecule has 0 aliphatic heterocycles. The molecule has 5 nitrogen and oxygen atoms in total. The highest BCUT2D eigenvalue weighted by Gasteiger charge is 2.37. The van der Waals surface area contributed by atoms with Gasteiger partial charge in [-0.2, -0.15) is 11.8 Å². The Morgan fingerprint density at radius 1 is 1.56 bits per heavy atom. The molecule has 1 aromatic heterocycles. The van der Waals surface area contributed by atoms with E-state index in [0.29, 0.717) is 6.54 Å². The molecule has 1 aromatic rings. The lowest BCUT2D eigenvalue weighted by molar-refractivity contribution is 0.294. The van der Waals surface area contributed by atoms with Crippen LogP contribution in [0.5, 0.6) is 5.88 Å². The SMILES string of the molecule is CSC1(Cn2c(O)cc(=O)[nH]c2=O)CCC1. The minimum atomic E-state index is -0.564. The van der Waals surface area contributed by atoms with Crippen LogP contribution < -0.4 is 11.2 Å². The second kappa shape index (κ2) is 4.01. The fourth-order valence-electron chi connectivity index (χ4n) is 1.95. The Labute approximate surface area is 96.5 Å². The van der Waals surface area contributed by atoms with Gasteiger partial charge >= 0.3 is 5.69 Å². The van der Waals surface area contributed by atoms with Crippen molar-refractivity contribution in [1.82, 2.24) is 9.55 Å². The quantitative estimate of drug-likeness (QED) is 0.810. The van der Waals surface area contributed by atoms with Crippen molar-refractivity contribution < 1.29 is 5.11 Å². The lowest BCUT2D eigenvalue weighted by atomic mass is 9.84. The summed E-state index contributed by atoms with van der Waals surface area (Å²) in [5.41, 5.74) is -1.10. The molecule has 0 spiro atoms. The lowest BCUT2D eigenvalue weighted by Gasteiger charge is -2.40. The minimum Gasteiger partial charge on any atom is -0.494 e. The van der Waals surface area contributed by atoms with Gasteiger partial charge in [0, 0.05) is 11.3 Å². The van der Waals surface area contributed by atoms with Crippen LogP contribution in [-0.4, -0.2) is 25.7 Å². The van der Waals surface area contributed by atoms with Gasteiger partial charge in [-0.3, -0.25) is 14.3 Å². The minimum absolute atomic E-state index is 0.0412. The summed E-state index contributed by atoms with van der Waals surface area (Å²) in [7, 11) is 0. The van der Waals surface area contributed by atoms with Crippen molar-refractivity contribution in [2.45, 2.75) is 30.6 Å². The van der Waals surface area contributed by atoms with E-state index in [-0.39, 0.29) is 10.6 Å². The van der Waals surface area contributed by atoms with Crippen LogP contribution in [0.15, 0.2) is 15.7 Å². The zero-order valence-electron chi connectivity index (χ0n) is 9.02. The van der Waals surface area contributed by atoms with Crippen LogP contribution in [0.4, 0.5) is 0 Å². The third kappa shape index (κ3) is 1.89. The van der Waals surface area contributed by atoms with Crippen LogP contribution >= 0.6 is 11.8 Å². The van der Waals surface area contributed by atoms with Gasteiger partial charge in [-0.25, -0.2) is 4.79 Å². The first-order valence-corrected chi connectivity index (χ1v) is 6.37. The van der Waals surface area contributed by atoms with E-state index >= 15 is 0 Å². The Morgan fingerprint density at radius 3 is 2.69 bits per heavy atom. The molecule has 2 N–H and O–H groups in total. The second-order valence-corrected chi connectivity index (χ2v) is 5.40. The highest BCUT2D eigenvalue weighted by atomic mass is 32.2. The van der Waals surface area contributed by atoms with E-state index in [4.69, 9.17) is 0 Å². The van der Waals surface area contributed by atoms with Gasteiger partial charge in [0.1, 0.15) is 0 Å². The Balaban J connectivity index is 2.35. The molecule has 16 heavy (non-hydrogen) atoms. The molecule has 0 aromatic carbocycles.